The molecule has 0 amide bonds. The van der Waals surface area contributed by atoms with Crippen molar-refractivity contribution < 1.29 is 4.92 Å². The first kappa shape index (κ1) is 13.2. The smallest absolute Gasteiger partial charge is 0.329 e. The molecule has 0 saturated carbocycles. The van der Waals surface area contributed by atoms with Gasteiger partial charge in [0.1, 0.15) is 11.6 Å². The fourth-order valence-corrected chi connectivity index (χ4v) is 2.31. The number of pyridine rings is 1. The van der Waals surface area contributed by atoms with Gasteiger partial charge in [-0.15, -0.1) is 0 Å². The maximum absolute atomic E-state index is 11.2. The van der Waals surface area contributed by atoms with E-state index in [-0.39, 0.29) is 23.1 Å². The lowest BCUT2D eigenvalue weighted by Crippen LogP contribution is -2.44. The van der Waals surface area contributed by atoms with Crippen LogP contribution in [0.4, 0.5) is 11.5 Å². The zero-order chi connectivity index (χ0) is 13.8. The summed E-state index contributed by atoms with van der Waals surface area (Å²) < 4.78 is 0. The number of nitriles is 1. The van der Waals surface area contributed by atoms with Gasteiger partial charge in [-0.25, -0.2) is 4.98 Å². The van der Waals surface area contributed by atoms with Crippen LogP contribution in [0.25, 0.3) is 0 Å². The Labute approximate surface area is 111 Å². The molecule has 0 aliphatic carbocycles. The van der Waals surface area contributed by atoms with Crippen molar-refractivity contribution >= 4 is 11.5 Å². The summed E-state index contributed by atoms with van der Waals surface area (Å²) in [5.74, 6) is 0.262. The zero-order valence-corrected chi connectivity index (χ0v) is 10.7. The topological polar surface area (TPSA) is 95.1 Å². The molecule has 1 atom stereocenters. The maximum Gasteiger partial charge on any atom is 0.329 e. The summed E-state index contributed by atoms with van der Waals surface area (Å²) in [7, 11) is 1.79. The minimum absolute atomic E-state index is 0.0469. The van der Waals surface area contributed by atoms with E-state index in [0.29, 0.717) is 0 Å². The standard InChI is InChI=1S/C12H15N5O2/c1-16(10-3-2-5-14-8-10)12-11(17(18)19)9(7-13)4-6-15-12/h4,6,10,14H,2-3,5,8H2,1H3. The summed E-state index contributed by atoms with van der Waals surface area (Å²) in [5, 5.41) is 23.4. The Morgan fingerprint density at radius 3 is 3.05 bits per heavy atom. The van der Waals surface area contributed by atoms with Gasteiger partial charge in [0.05, 0.1) is 4.92 Å². The number of nitrogens with one attached hydrogen (secondary N) is 1. The molecule has 1 unspecified atom stereocenters. The van der Waals surface area contributed by atoms with Gasteiger partial charge in [0, 0.05) is 25.8 Å². The van der Waals surface area contributed by atoms with E-state index in [1.165, 1.54) is 12.3 Å². The number of rotatable bonds is 3. The molecular weight excluding hydrogens is 246 g/mol. The molecule has 1 aromatic rings. The van der Waals surface area contributed by atoms with E-state index in [9.17, 15) is 10.1 Å². The van der Waals surface area contributed by atoms with Crippen LogP contribution >= 0.6 is 0 Å². The second-order valence-electron chi connectivity index (χ2n) is 4.51. The highest BCUT2D eigenvalue weighted by molar-refractivity contribution is 5.65. The molecule has 1 fully saturated rings. The van der Waals surface area contributed by atoms with Crippen molar-refractivity contribution in [2.24, 2.45) is 0 Å². The quantitative estimate of drug-likeness (QED) is 0.645. The highest BCUT2D eigenvalue weighted by atomic mass is 16.6. The number of hydrogen-bond acceptors (Lipinski definition) is 6. The molecular formula is C12H15N5O2. The van der Waals surface area contributed by atoms with Gasteiger partial charge in [-0.2, -0.15) is 5.26 Å². The molecule has 0 bridgehead atoms. The third-order valence-corrected chi connectivity index (χ3v) is 3.36. The summed E-state index contributed by atoms with van der Waals surface area (Å²) in [4.78, 5) is 16.5. The van der Waals surface area contributed by atoms with E-state index in [0.717, 1.165) is 25.9 Å². The maximum atomic E-state index is 11.2. The number of nitrogens with zero attached hydrogens (tertiary/aromatic N) is 4. The van der Waals surface area contributed by atoms with Crippen LogP contribution in [0.5, 0.6) is 0 Å². The average Bonchev–Trinajstić information content (AvgIpc) is 2.46. The Balaban J connectivity index is 2.38. The van der Waals surface area contributed by atoms with E-state index in [1.807, 2.05) is 6.07 Å². The summed E-state index contributed by atoms with van der Waals surface area (Å²) in [5.41, 5.74) is -0.163. The summed E-state index contributed by atoms with van der Waals surface area (Å²) in [6, 6.07) is 3.38. The van der Waals surface area contributed by atoms with E-state index >= 15 is 0 Å². The molecule has 2 rings (SSSR count). The molecule has 2 heterocycles. The second-order valence-corrected chi connectivity index (χ2v) is 4.51. The van der Waals surface area contributed by atoms with Gasteiger partial charge in [0.25, 0.3) is 0 Å². The molecule has 0 radical (unpaired) electrons. The molecule has 0 spiro atoms. The number of likely N-dealkylation sites (N-methyl/N-ethyl adjacent to an activating group) is 1. The highest BCUT2D eigenvalue weighted by Crippen LogP contribution is 2.30. The van der Waals surface area contributed by atoms with Crippen LogP contribution in [0.3, 0.4) is 0 Å². The normalized spacial score (nSPS) is 18.6. The molecule has 1 aliphatic heterocycles. The molecule has 7 nitrogen and oxygen atoms in total. The van der Waals surface area contributed by atoms with Gasteiger partial charge < -0.3 is 10.2 Å². The first-order valence-corrected chi connectivity index (χ1v) is 6.12. The fourth-order valence-electron chi connectivity index (χ4n) is 2.31. The van der Waals surface area contributed by atoms with Gasteiger partial charge in [-0.05, 0) is 25.5 Å². The van der Waals surface area contributed by atoms with Crippen LogP contribution in [0, 0.1) is 21.4 Å². The Morgan fingerprint density at radius 1 is 1.68 bits per heavy atom. The Kier molecular flexibility index (Phi) is 3.92. The van der Waals surface area contributed by atoms with Gasteiger partial charge in [0.15, 0.2) is 0 Å². The molecule has 1 saturated heterocycles. The zero-order valence-electron chi connectivity index (χ0n) is 10.7. The van der Waals surface area contributed by atoms with Crippen LogP contribution in [-0.4, -0.2) is 36.1 Å². The number of aromatic nitrogens is 1. The first-order valence-electron chi connectivity index (χ1n) is 6.12. The van der Waals surface area contributed by atoms with Crippen LogP contribution < -0.4 is 10.2 Å². The second kappa shape index (κ2) is 5.63. The molecule has 7 heteroatoms. The molecule has 19 heavy (non-hydrogen) atoms. The molecule has 1 aliphatic rings. The SMILES string of the molecule is CN(c1nccc(C#N)c1[N+](=O)[O-])C1CCCNC1. The minimum Gasteiger partial charge on any atom is -0.350 e. The largest absolute Gasteiger partial charge is 0.350 e. The van der Waals surface area contributed by atoms with Gasteiger partial charge in [0.2, 0.25) is 5.82 Å². The van der Waals surface area contributed by atoms with Crippen molar-refractivity contribution in [1.29, 1.82) is 5.26 Å². The first-order chi connectivity index (χ1) is 9.15. The number of hydrogen-bond donors (Lipinski definition) is 1. The summed E-state index contributed by atoms with van der Waals surface area (Å²) in [6.07, 6.45) is 3.42. The Morgan fingerprint density at radius 2 is 2.47 bits per heavy atom. The number of nitro groups is 1. The van der Waals surface area contributed by atoms with Crippen molar-refractivity contribution in [3.8, 4) is 6.07 Å². The third kappa shape index (κ3) is 2.63. The average molecular weight is 261 g/mol. The lowest BCUT2D eigenvalue weighted by atomic mass is 10.1. The molecule has 100 valence electrons. The van der Waals surface area contributed by atoms with Crippen molar-refractivity contribution in [3.05, 3.63) is 27.9 Å². The third-order valence-electron chi connectivity index (χ3n) is 3.36. The summed E-state index contributed by atoms with van der Waals surface area (Å²) >= 11 is 0. The number of anilines is 1. The lowest BCUT2D eigenvalue weighted by Gasteiger charge is -2.32. The van der Waals surface area contributed by atoms with Crippen LogP contribution in [0.1, 0.15) is 18.4 Å². The highest BCUT2D eigenvalue weighted by Gasteiger charge is 2.28. The van der Waals surface area contributed by atoms with Gasteiger partial charge in [-0.3, -0.25) is 10.1 Å². The summed E-state index contributed by atoms with van der Waals surface area (Å²) in [6.45, 7) is 1.74. The van der Waals surface area contributed by atoms with Crippen LogP contribution in [0.15, 0.2) is 12.3 Å². The van der Waals surface area contributed by atoms with Gasteiger partial charge >= 0.3 is 5.69 Å². The van der Waals surface area contributed by atoms with Crippen LogP contribution in [-0.2, 0) is 0 Å². The van der Waals surface area contributed by atoms with Crippen molar-refractivity contribution in [1.82, 2.24) is 10.3 Å². The van der Waals surface area contributed by atoms with E-state index in [4.69, 9.17) is 5.26 Å². The van der Waals surface area contributed by atoms with Crippen LogP contribution in [0.2, 0.25) is 0 Å². The van der Waals surface area contributed by atoms with E-state index in [2.05, 4.69) is 10.3 Å². The lowest BCUT2D eigenvalue weighted by molar-refractivity contribution is -0.384. The van der Waals surface area contributed by atoms with Gasteiger partial charge in [-0.1, -0.05) is 0 Å². The number of piperidine rings is 1. The molecule has 1 aromatic heterocycles. The monoisotopic (exact) mass is 261 g/mol. The Bertz CT molecular complexity index is 519. The molecule has 1 N–H and O–H groups in total. The van der Waals surface area contributed by atoms with E-state index in [1.54, 1.807) is 11.9 Å². The van der Waals surface area contributed by atoms with Crippen molar-refractivity contribution in [3.63, 3.8) is 0 Å². The van der Waals surface area contributed by atoms with Crippen molar-refractivity contribution in [2.45, 2.75) is 18.9 Å². The minimum atomic E-state index is -0.534. The fraction of sp³-hybridized carbons (Fsp3) is 0.500. The van der Waals surface area contributed by atoms with Crippen molar-refractivity contribution in [2.75, 3.05) is 25.0 Å². The predicted molar refractivity (Wildman–Crippen MR) is 69.9 cm³/mol. The molecule has 0 aromatic carbocycles. The Hall–Kier alpha value is -2.20. The predicted octanol–water partition coefficient (Wildman–Crippen LogP) is 1.05. The van der Waals surface area contributed by atoms with E-state index < -0.39 is 4.92 Å².